The van der Waals surface area contributed by atoms with Crippen LogP contribution in [0.15, 0.2) is 97.2 Å². The van der Waals surface area contributed by atoms with Crippen molar-refractivity contribution in [1.82, 2.24) is 0 Å². The van der Waals surface area contributed by atoms with Crippen molar-refractivity contribution in [3.8, 4) is 0 Å². The molecule has 2 atom stereocenters. The number of phosphoric ester groups is 1. The monoisotopic (exact) mass is 928 g/mol. The lowest BCUT2D eigenvalue weighted by atomic mass is 10.0. The zero-order chi connectivity index (χ0) is 47.4. The second-order valence-electron chi connectivity index (χ2n) is 16.7. The summed E-state index contributed by atoms with van der Waals surface area (Å²) >= 11 is 0. The van der Waals surface area contributed by atoms with Crippen LogP contribution in [0.5, 0.6) is 0 Å². The van der Waals surface area contributed by atoms with Crippen LogP contribution in [0.3, 0.4) is 0 Å². The van der Waals surface area contributed by atoms with E-state index in [0.717, 1.165) is 116 Å². The lowest BCUT2D eigenvalue weighted by Crippen LogP contribution is -2.29. The molecule has 0 saturated carbocycles. The van der Waals surface area contributed by atoms with Gasteiger partial charge < -0.3 is 20.1 Å². The Bertz CT molecular complexity index is 1380. The van der Waals surface area contributed by atoms with Crippen LogP contribution in [0.1, 0.15) is 206 Å². The summed E-state index contributed by atoms with van der Waals surface area (Å²) in [5, 5.41) is 0. The summed E-state index contributed by atoms with van der Waals surface area (Å²) in [4.78, 5) is 34.9. The molecule has 65 heavy (non-hydrogen) atoms. The van der Waals surface area contributed by atoms with E-state index >= 15 is 0 Å². The zero-order valence-electron chi connectivity index (χ0n) is 41.2. The molecule has 0 fully saturated rings. The van der Waals surface area contributed by atoms with Crippen LogP contribution in [-0.4, -0.2) is 49.3 Å². The van der Waals surface area contributed by atoms with Crippen LogP contribution in [0, 0.1) is 0 Å². The first kappa shape index (κ1) is 61.9. The van der Waals surface area contributed by atoms with Crippen LogP contribution in [0.25, 0.3) is 0 Å². The quantitative estimate of drug-likeness (QED) is 0.0265. The number of allylic oxidation sites excluding steroid dienone is 16. The number of esters is 2. The van der Waals surface area contributed by atoms with E-state index < -0.39 is 32.5 Å². The first-order chi connectivity index (χ1) is 31.8. The Morgan fingerprint density at radius 3 is 1.28 bits per heavy atom. The molecule has 0 aromatic heterocycles. The van der Waals surface area contributed by atoms with Crippen LogP contribution in [0.4, 0.5) is 0 Å². The van der Waals surface area contributed by atoms with Crippen molar-refractivity contribution in [2.75, 3.05) is 26.4 Å². The number of unbranched alkanes of at least 4 members (excludes halogenated alkanes) is 18. The highest BCUT2D eigenvalue weighted by Gasteiger charge is 2.26. The van der Waals surface area contributed by atoms with Gasteiger partial charge in [-0.1, -0.05) is 201 Å². The van der Waals surface area contributed by atoms with Crippen molar-refractivity contribution in [3.05, 3.63) is 97.2 Å². The Kier molecular flexibility index (Phi) is 48.0. The van der Waals surface area contributed by atoms with Gasteiger partial charge in [0.25, 0.3) is 0 Å². The number of ether oxygens (including phenoxy) is 2. The smallest absolute Gasteiger partial charge is 0.462 e. The fourth-order valence-corrected chi connectivity index (χ4v) is 7.42. The SMILES string of the molecule is CC/C=C\C/C=C\C/C=C\C/C=C\C/C=C\C/C=C\C/C=C\CCCCCCCCCCCCCC(=O)OC(COC(=O)CCCCCCC/C=C\CCCC)COP(=O)(O)OCCN. The molecule has 0 aromatic carbocycles. The Hall–Kier alpha value is -3.07. The molecule has 10 heteroatoms. The van der Waals surface area contributed by atoms with Gasteiger partial charge >= 0.3 is 19.8 Å². The van der Waals surface area contributed by atoms with Crippen molar-refractivity contribution in [1.29, 1.82) is 0 Å². The number of phosphoric acid groups is 1. The van der Waals surface area contributed by atoms with Crippen molar-refractivity contribution < 1.29 is 37.6 Å². The predicted octanol–water partition coefficient (Wildman–Crippen LogP) is 15.7. The van der Waals surface area contributed by atoms with Crippen molar-refractivity contribution >= 4 is 19.8 Å². The maximum absolute atomic E-state index is 12.6. The van der Waals surface area contributed by atoms with E-state index in [2.05, 4.69) is 111 Å². The van der Waals surface area contributed by atoms with E-state index in [1.54, 1.807) is 0 Å². The number of carbonyl (C=O) groups excluding carboxylic acids is 2. The highest BCUT2D eigenvalue weighted by atomic mass is 31.2. The average molecular weight is 928 g/mol. The summed E-state index contributed by atoms with van der Waals surface area (Å²) in [5.41, 5.74) is 5.36. The first-order valence-corrected chi connectivity index (χ1v) is 27.2. The number of rotatable bonds is 47. The third-order valence-electron chi connectivity index (χ3n) is 10.5. The van der Waals surface area contributed by atoms with Gasteiger partial charge in [0.1, 0.15) is 6.61 Å². The Balaban J connectivity index is 3.97. The van der Waals surface area contributed by atoms with Crippen LogP contribution >= 0.6 is 7.82 Å². The minimum Gasteiger partial charge on any atom is -0.462 e. The van der Waals surface area contributed by atoms with Crippen LogP contribution in [0.2, 0.25) is 0 Å². The van der Waals surface area contributed by atoms with E-state index in [-0.39, 0.29) is 32.6 Å². The second-order valence-corrected chi connectivity index (χ2v) is 18.1. The van der Waals surface area contributed by atoms with E-state index in [9.17, 15) is 19.0 Å². The molecule has 2 unspecified atom stereocenters. The summed E-state index contributed by atoms with van der Waals surface area (Å²) in [6.45, 7) is 3.56. The summed E-state index contributed by atoms with van der Waals surface area (Å²) in [5.74, 6) is -0.848. The van der Waals surface area contributed by atoms with Gasteiger partial charge in [-0.2, -0.15) is 0 Å². The molecule has 3 N–H and O–H groups in total. The van der Waals surface area contributed by atoms with Gasteiger partial charge in [0, 0.05) is 19.4 Å². The fraction of sp³-hybridized carbons (Fsp3) is 0.673. The molecule has 0 rings (SSSR count). The molecule has 0 heterocycles. The molecule has 0 saturated heterocycles. The molecule has 0 spiro atoms. The van der Waals surface area contributed by atoms with Crippen LogP contribution in [-0.2, 0) is 32.7 Å². The van der Waals surface area contributed by atoms with Crippen molar-refractivity contribution in [3.63, 3.8) is 0 Å². The minimum absolute atomic E-state index is 0.0479. The Labute approximate surface area is 397 Å². The average Bonchev–Trinajstić information content (AvgIpc) is 3.30. The third kappa shape index (κ3) is 50.2. The van der Waals surface area contributed by atoms with Crippen molar-refractivity contribution in [2.45, 2.75) is 213 Å². The van der Waals surface area contributed by atoms with E-state index in [0.29, 0.717) is 6.42 Å². The number of hydrogen-bond donors (Lipinski definition) is 2. The predicted molar refractivity (Wildman–Crippen MR) is 275 cm³/mol. The van der Waals surface area contributed by atoms with Gasteiger partial charge in [0.05, 0.1) is 13.2 Å². The molecule has 0 aliphatic carbocycles. The maximum Gasteiger partial charge on any atom is 0.472 e. The molecule has 0 bridgehead atoms. The van der Waals surface area contributed by atoms with Crippen molar-refractivity contribution in [2.24, 2.45) is 5.73 Å². The molecule has 0 aliphatic heterocycles. The lowest BCUT2D eigenvalue weighted by molar-refractivity contribution is -0.161. The van der Waals surface area contributed by atoms with E-state index in [1.807, 2.05) is 0 Å². The zero-order valence-corrected chi connectivity index (χ0v) is 42.1. The molecule has 0 aliphatic rings. The first-order valence-electron chi connectivity index (χ1n) is 25.7. The lowest BCUT2D eigenvalue weighted by Gasteiger charge is -2.19. The van der Waals surface area contributed by atoms with Crippen LogP contribution < -0.4 is 5.73 Å². The number of hydrogen-bond acceptors (Lipinski definition) is 8. The van der Waals surface area contributed by atoms with Gasteiger partial charge in [0.2, 0.25) is 0 Å². The molecule has 0 aromatic rings. The largest absolute Gasteiger partial charge is 0.472 e. The van der Waals surface area contributed by atoms with E-state index in [1.165, 1.54) is 57.8 Å². The Morgan fingerprint density at radius 2 is 0.846 bits per heavy atom. The summed E-state index contributed by atoms with van der Waals surface area (Å²) in [6, 6.07) is 0. The van der Waals surface area contributed by atoms with Gasteiger partial charge in [-0.15, -0.1) is 0 Å². The third-order valence-corrected chi connectivity index (χ3v) is 11.4. The van der Waals surface area contributed by atoms with Gasteiger partial charge in [-0.3, -0.25) is 18.6 Å². The number of nitrogens with two attached hydrogens (primary N) is 1. The second kappa shape index (κ2) is 50.3. The number of carbonyl (C=O) groups is 2. The van der Waals surface area contributed by atoms with Gasteiger partial charge in [0.15, 0.2) is 6.10 Å². The summed E-state index contributed by atoms with van der Waals surface area (Å²) in [7, 11) is -4.39. The molecular formula is C55H94NO8P. The molecule has 372 valence electrons. The summed E-state index contributed by atoms with van der Waals surface area (Å²) < 4.78 is 32.8. The summed E-state index contributed by atoms with van der Waals surface area (Å²) in [6.07, 6.45) is 66.0. The molecule has 0 amide bonds. The standard InChI is InChI=1S/C55H94NO8P/c1-3-5-7-9-11-13-15-16-17-18-19-20-21-22-23-24-25-26-27-28-29-30-31-32-33-34-35-36-38-40-42-44-46-48-55(58)64-53(52-63-65(59,60)62-50-49-56)51-61-54(57)47-45-43-41-39-37-14-12-10-8-6-4-2/h5,7,10-13,16-17,19-20,22-23,25-26,28-29,53H,3-4,6,8-9,14-15,18,21,24,27,30-52,56H2,1-2H3,(H,59,60)/b7-5-,12-10-,13-11-,17-16-,20-19-,23-22-,26-25-,29-28-. The molecule has 0 radical (unpaired) electrons. The molecule has 9 nitrogen and oxygen atoms in total. The van der Waals surface area contributed by atoms with E-state index in [4.69, 9.17) is 24.3 Å². The maximum atomic E-state index is 12.6. The van der Waals surface area contributed by atoms with Gasteiger partial charge in [-0.25, -0.2) is 4.57 Å². The highest BCUT2D eigenvalue weighted by molar-refractivity contribution is 7.47. The topological polar surface area (TPSA) is 134 Å². The Morgan fingerprint density at radius 1 is 0.477 bits per heavy atom. The van der Waals surface area contributed by atoms with Gasteiger partial charge in [-0.05, 0) is 89.9 Å². The molecular weight excluding hydrogens is 834 g/mol. The normalized spacial score (nSPS) is 14.0. The highest BCUT2D eigenvalue weighted by Crippen LogP contribution is 2.43. The minimum atomic E-state index is -4.39. The fourth-order valence-electron chi connectivity index (χ4n) is 6.65.